The second-order valence-electron chi connectivity index (χ2n) is 5.65. The monoisotopic (exact) mass is 266 g/mol. The van der Waals surface area contributed by atoms with Gasteiger partial charge < -0.3 is 15.0 Å². The first-order valence-electron chi connectivity index (χ1n) is 6.53. The minimum absolute atomic E-state index is 0.0902. The fraction of sp³-hybridized carbons (Fsp3) is 0.714. The van der Waals surface area contributed by atoms with E-state index in [-0.39, 0.29) is 31.0 Å². The van der Waals surface area contributed by atoms with Gasteiger partial charge in [-0.1, -0.05) is 5.92 Å². The van der Waals surface area contributed by atoms with Gasteiger partial charge in [0.05, 0.1) is 6.54 Å². The maximum Gasteiger partial charge on any atom is 0.410 e. The average molecular weight is 266 g/mol. The van der Waals surface area contributed by atoms with Gasteiger partial charge in [0.25, 0.3) is 0 Å². The molecule has 5 nitrogen and oxygen atoms in total. The standard InChI is InChI=1S/C14H22N2O3/c1-5-8-15-12(17)10-11-7-6-9-16(11)13(18)19-14(2,3)4/h1,11H,6-10H2,2-4H3,(H,15,17)/t11-/m0/s1. The molecule has 0 aromatic carbocycles. The molecule has 0 bridgehead atoms. The Morgan fingerprint density at radius 1 is 1.47 bits per heavy atom. The zero-order valence-electron chi connectivity index (χ0n) is 11.9. The van der Waals surface area contributed by atoms with Gasteiger partial charge in [-0.25, -0.2) is 4.79 Å². The Morgan fingerprint density at radius 3 is 2.74 bits per heavy atom. The molecule has 1 heterocycles. The largest absolute Gasteiger partial charge is 0.444 e. The van der Waals surface area contributed by atoms with E-state index in [4.69, 9.17) is 11.2 Å². The van der Waals surface area contributed by atoms with Gasteiger partial charge >= 0.3 is 6.09 Å². The van der Waals surface area contributed by atoms with Crippen molar-refractivity contribution < 1.29 is 14.3 Å². The van der Waals surface area contributed by atoms with Gasteiger partial charge in [0.2, 0.25) is 5.91 Å². The molecule has 0 radical (unpaired) electrons. The van der Waals surface area contributed by atoms with E-state index < -0.39 is 5.60 Å². The van der Waals surface area contributed by atoms with Crippen LogP contribution in [0.25, 0.3) is 0 Å². The van der Waals surface area contributed by atoms with Crippen LogP contribution >= 0.6 is 0 Å². The quantitative estimate of drug-likeness (QED) is 0.788. The molecule has 1 rings (SSSR count). The van der Waals surface area contributed by atoms with Crippen molar-refractivity contribution in [3.8, 4) is 12.3 Å². The van der Waals surface area contributed by atoms with Crippen molar-refractivity contribution in [3.63, 3.8) is 0 Å². The van der Waals surface area contributed by atoms with Crippen molar-refractivity contribution in [2.75, 3.05) is 13.1 Å². The van der Waals surface area contributed by atoms with Crippen LogP contribution in [-0.2, 0) is 9.53 Å². The highest BCUT2D eigenvalue weighted by Crippen LogP contribution is 2.22. The summed E-state index contributed by atoms with van der Waals surface area (Å²) in [6, 6.07) is -0.0902. The molecule has 2 amide bonds. The summed E-state index contributed by atoms with van der Waals surface area (Å²) in [7, 11) is 0. The summed E-state index contributed by atoms with van der Waals surface area (Å²) in [5.74, 6) is 2.22. The molecule has 0 spiro atoms. The maximum absolute atomic E-state index is 12.0. The fourth-order valence-corrected chi connectivity index (χ4v) is 2.04. The summed E-state index contributed by atoms with van der Waals surface area (Å²) >= 11 is 0. The van der Waals surface area contributed by atoms with Crippen LogP contribution in [0.3, 0.4) is 0 Å². The van der Waals surface area contributed by atoms with Crippen LogP contribution < -0.4 is 5.32 Å². The minimum Gasteiger partial charge on any atom is -0.444 e. The van der Waals surface area contributed by atoms with Crippen LogP contribution in [0.2, 0.25) is 0 Å². The summed E-state index contributed by atoms with van der Waals surface area (Å²) in [5.41, 5.74) is -0.518. The van der Waals surface area contributed by atoms with Gasteiger partial charge in [-0.2, -0.15) is 0 Å². The molecule has 0 aliphatic carbocycles. The van der Waals surface area contributed by atoms with Crippen LogP contribution in [0.1, 0.15) is 40.0 Å². The fourth-order valence-electron chi connectivity index (χ4n) is 2.04. The average Bonchev–Trinajstić information content (AvgIpc) is 2.72. The van der Waals surface area contributed by atoms with Crippen LogP contribution in [-0.4, -0.2) is 41.6 Å². The Bertz CT molecular complexity index is 379. The SMILES string of the molecule is C#CCNC(=O)C[C@@H]1CCCN1C(=O)OC(C)(C)C. The molecule has 0 saturated carbocycles. The van der Waals surface area contributed by atoms with Crippen molar-refractivity contribution in [1.82, 2.24) is 10.2 Å². The number of rotatable bonds is 3. The summed E-state index contributed by atoms with van der Waals surface area (Å²) in [6.45, 7) is 6.35. The number of nitrogens with zero attached hydrogens (tertiary/aromatic N) is 1. The number of carbonyl (C=O) groups is 2. The van der Waals surface area contributed by atoms with E-state index in [1.54, 1.807) is 4.90 Å². The normalized spacial score (nSPS) is 18.8. The minimum atomic E-state index is -0.518. The number of likely N-dealkylation sites (tertiary alicyclic amines) is 1. The van der Waals surface area contributed by atoms with E-state index in [9.17, 15) is 9.59 Å². The number of hydrogen-bond donors (Lipinski definition) is 1. The molecule has 1 aliphatic rings. The topological polar surface area (TPSA) is 58.6 Å². The van der Waals surface area contributed by atoms with E-state index in [1.165, 1.54) is 0 Å². The van der Waals surface area contributed by atoms with Crippen LogP contribution in [0.4, 0.5) is 4.79 Å². The highest BCUT2D eigenvalue weighted by atomic mass is 16.6. The van der Waals surface area contributed by atoms with Crippen molar-refractivity contribution in [3.05, 3.63) is 0 Å². The van der Waals surface area contributed by atoms with E-state index >= 15 is 0 Å². The maximum atomic E-state index is 12.0. The van der Waals surface area contributed by atoms with E-state index in [0.29, 0.717) is 6.54 Å². The predicted molar refractivity (Wildman–Crippen MR) is 72.4 cm³/mol. The summed E-state index contributed by atoms with van der Waals surface area (Å²) in [4.78, 5) is 25.3. The lowest BCUT2D eigenvalue weighted by Gasteiger charge is -2.28. The van der Waals surface area contributed by atoms with Gasteiger partial charge in [0.1, 0.15) is 5.60 Å². The van der Waals surface area contributed by atoms with Crippen molar-refractivity contribution >= 4 is 12.0 Å². The smallest absolute Gasteiger partial charge is 0.410 e. The lowest BCUT2D eigenvalue weighted by molar-refractivity contribution is -0.121. The van der Waals surface area contributed by atoms with Crippen LogP contribution in [0, 0.1) is 12.3 Å². The van der Waals surface area contributed by atoms with E-state index in [2.05, 4.69) is 11.2 Å². The number of carbonyl (C=O) groups excluding carboxylic acids is 2. The lowest BCUT2D eigenvalue weighted by atomic mass is 10.1. The summed E-state index contributed by atoms with van der Waals surface area (Å²) < 4.78 is 5.34. The Hall–Kier alpha value is -1.70. The highest BCUT2D eigenvalue weighted by Gasteiger charge is 2.33. The third-order valence-corrected chi connectivity index (χ3v) is 2.81. The van der Waals surface area contributed by atoms with Gasteiger partial charge in [-0.3, -0.25) is 4.79 Å². The lowest BCUT2D eigenvalue weighted by Crippen LogP contribution is -2.42. The first kappa shape index (κ1) is 15.4. The van der Waals surface area contributed by atoms with Crippen molar-refractivity contribution in [2.45, 2.75) is 51.7 Å². The molecule has 19 heavy (non-hydrogen) atoms. The molecule has 1 atom stereocenters. The first-order valence-corrected chi connectivity index (χ1v) is 6.53. The number of terminal acetylenes is 1. The number of amides is 2. The van der Waals surface area contributed by atoms with Crippen LogP contribution in [0.15, 0.2) is 0 Å². The molecule has 106 valence electrons. The Balaban J connectivity index is 2.52. The van der Waals surface area contributed by atoms with Gasteiger partial charge in [0.15, 0.2) is 0 Å². The van der Waals surface area contributed by atoms with Gasteiger partial charge in [-0.05, 0) is 33.6 Å². The third-order valence-electron chi connectivity index (χ3n) is 2.81. The van der Waals surface area contributed by atoms with Gasteiger partial charge in [0, 0.05) is 19.0 Å². The second kappa shape index (κ2) is 6.46. The highest BCUT2D eigenvalue weighted by molar-refractivity contribution is 5.78. The first-order chi connectivity index (χ1) is 8.83. The Labute approximate surface area is 114 Å². The molecule has 0 aromatic rings. The number of hydrogen-bond acceptors (Lipinski definition) is 3. The second-order valence-corrected chi connectivity index (χ2v) is 5.65. The van der Waals surface area contributed by atoms with E-state index in [1.807, 2.05) is 20.8 Å². The zero-order chi connectivity index (χ0) is 14.5. The zero-order valence-corrected chi connectivity index (χ0v) is 11.9. The van der Waals surface area contributed by atoms with E-state index in [0.717, 1.165) is 12.8 Å². The molecular formula is C14H22N2O3. The van der Waals surface area contributed by atoms with Crippen molar-refractivity contribution in [2.24, 2.45) is 0 Å². The molecule has 1 saturated heterocycles. The Kier molecular flexibility index (Phi) is 5.22. The number of ether oxygens (including phenoxy) is 1. The summed E-state index contributed by atoms with van der Waals surface area (Å²) in [6.07, 6.45) is 6.73. The van der Waals surface area contributed by atoms with Crippen LogP contribution in [0.5, 0.6) is 0 Å². The molecule has 1 aliphatic heterocycles. The van der Waals surface area contributed by atoms with Crippen molar-refractivity contribution in [1.29, 1.82) is 0 Å². The summed E-state index contributed by atoms with van der Waals surface area (Å²) in [5, 5.41) is 2.61. The molecule has 1 N–H and O–H groups in total. The molecule has 0 unspecified atom stereocenters. The third kappa shape index (κ3) is 5.21. The van der Waals surface area contributed by atoms with Gasteiger partial charge in [-0.15, -0.1) is 6.42 Å². The molecule has 0 aromatic heterocycles. The molecule has 5 heteroatoms. The predicted octanol–water partition coefficient (Wildman–Crippen LogP) is 1.53. The molecule has 1 fully saturated rings. The Morgan fingerprint density at radius 2 is 2.16 bits per heavy atom. The molecular weight excluding hydrogens is 244 g/mol. The number of nitrogens with one attached hydrogen (secondary N) is 1.